The molecule has 0 spiro atoms. The fourth-order valence-electron chi connectivity index (χ4n) is 4.14. The second-order valence-corrected chi connectivity index (χ2v) is 7.81. The summed E-state index contributed by atoms with van der Waals surface area (Å²) in [6, 6.07) is 0.281. The molecule has 3 unspecified atom stereocenters. The topological polar surface area (TPSA) is 40.5 Å². The Balaban J connectivity index is 2.00. The fraction of sp³-hybridized carbons (Fsp3) is 0.941. The van der Waals surface area contributed by atoms with Crippen LogP contribution in [0.2, 0.25) is 0 Å². The van der Waals surface area contributed by atoms with Crippen molar-refractivity contribution in [2.24, 2.45) is 11.3 Å². The summed E-state index contributed by atoms with van der Waals surface area (Å²) >= 11 is 0. The highest BCUT2D eigenvalue weighted by Gasteiger charge is 2.35. The normalized spacial score (nSPS) is 33.6. The van der Waals surface area contributed by atoms with E-state index in [9.17, 15) is 9.90 Å². The number of carboxylic acid groups (broad SMARTS) is 1. The molecule has 3 atom stereocenters. The molecule has 0 amide bonds. The first-order valence-electron chi connectivity index (χ1n) is 8.38. The lowest BCUT2D eigenvalue weighted by Crippen LogP contribution is -2.50. The Kier molecular flexibility index (Phi) is 5.11. The van der Waals surface area contributed by atoms with Gasteiger partial charge in [0.05, 0.1) is 0 Å². The summed E-state index contributed by atoms with van der Waals surface area (Å²) in [5.41, 5.74) is 0.392. The number of piperidine rings is 1. The minimum Gasteiger partial charge on any atom is -0.480 e. The van der Waals surface area contributed by atoms with Gasteiger partial charge < -0.3 is 5.11 Å². The molecule has 0 aromatic heterocycles. The lowest BCUT2D eigenvalue weighted by molar-refractivity contribution is -0.146. The minimum atomic E-state index is -0.610. The van der Waals surface area contributed by atoms with Crippen molar-refractivity contribution in [2.45, 2.75) is 84.2 Å². The number of hydrogen-bond acceptors (Lipinski definition) is 2. The Morgan fingerprint density at radius 3 is 2.40 bits per heavy atom. The Hall–Kier alpha value is -0.570. The number of carboxylic acids is 1. The van der Waals surface area contributed by atoms with Crippen LogP contribution in [-0.4, -0.2) is 34.6 Å². The van der Waals surface area contributed by atoms with Crippen LogP contribution in [0.4, 0.5) is 0 Å². The number of hydrogen-bond donors (Lipinski definition) is 1. The van der Waals surface area contributed by atoms with Crippen molar-refractivity contribution in [1.82, 2.24) is 4.90 Å². The van der Waals surface area contributed by atoms with Crippen molar-refractivity contribution in [3.8, 4) is 0 Å². The van der Waals surface area contributed by atoms with Crippen LogP contribution in [0.25, 0.3) is 0 Å². The maximum Gasteiger partial charge on any atom is 0.320 e. The van der Waals surface area contributed by atoms with E-state index in [2.05, 4.69) is 25.7 Å². The predicted octanol–water partition coefficient (Wildman–Crippen LogP) is 3.92. The van der Waals surface area contributed by atoms with Crippen LogP contribution in [0.3, 0.4) is 0 Å². The van der Waals surface area contributed by atoms with Crippen LogP contribution in [-0.2, 0) is 4.79 Å². The zero-order valence-corrected chi connectivity index (χ0v) is 13.4. The SMILES string of the molecule is CC(C)(C)C1CCCC(N2CCCCC2C(=O)O)CC1. The first-order chi connectivity index (χ1) is 9.39. The lowest BCUT2D eigenvalue weighted by atomic mass is 9.76. The number of nitrogens with zero attached hydrogens (tertiary/aromatic N) is 1. The average Bonchev–Trinajstić information content (AvgIpc) is 2.63. The van der Waals surface area contributed by atoms with E-state index in [1.807, 2.05) is 0 Å². The summed E-state index contributed by atoms with van der Waals surface area (Å²) < 4.78 is 0. The molecule has 2 aliphatic rings. The van der Waals surface area contributed by atoms with Gasteiger partial charge in [-0.1, -0.05) is 33.6 Å². The van der Waals surface area contributed by atoms with Crippen LogP contribution < -0.4 is 0 Å². The molecule has 0 bridgehead atoms. The van der Waals surface area contributed by atoms with Gasteiger partial charge >= 0.3 is 5.97 Å². The molecule has 1 heterocycles. The van der Waals surface area contributed by atoms with E-state index < -0.39 is 5.97 Å². The molecular formula is C17H31NO2. The van der Waals surface area contributed by atoms with Crippen molar-refractivity contribution in [2.75, 3.05) is 6.54 Å². The molecule has 1 aliphatic carbocycles. The summed E-state index contributed by atoms with van der Waals surface area (Å²) in [6.45, 7) is 8.03. The zero-order chi connectivity index (χ0) is 14.8. The quantitative estimate of drug-likeness (QED) is 0.780. The van der Waals surface area contributed by atoms with Gasteiger partial charge in [-0.05, 0) is 56.4 Å². The molecule has 1 N–H and O–H groups in total. The standard InChI is InChI=1S/C17H31NO2/c1-17(2,3)13-7-6-8-14(11-10-13)18-12-5-4-9-15(18)16(19)20/h13-15H,4-12H2,1-3H3,(H,19,20). The molecule has 3 heteroatoms. The molecule has 1 saturated heterocycles. The maximum absolute atomic E-state index is 11.5. The fourth-order valence-corrected chi connectivity index (χ4v) is 4.14. The predicted molar refractivity (Wildman–Crippen MR) is 81.8 cm³/mol. The van der Waals surface area contributed by atoms with E-state index in [1.165, 1.54) is 38.5 Å². The van der Waals surface area contributed by atoms with Crippen molar-refractivity contribution >= 4 is 5.97 Å². The summed E-state index contributed by atoms with van der Waals surface area (Å²) in [5.74, 6) is 0.182. The van der Waals surface area contributed by atoms with E-state index in [4.69, 9.17) is 0 Å². The van der Waals surface area contributed by atoms with Crippen molar-refractivity contribution in [1.29, 1.82) is 0 Å². The number of likely N-dealkylation sites (tertiary alicyclic amines) is 1. The molecule has 116 valence electrons. The number of aliphatic carboxylic acids is 1. The molecule has 1 aliphatic heterocycles. The molecule has 1 saturated carbocycles. The van der Waals surface area contributed by atoms with Crippen LogP contribution in [0.5, 0.6) is 0 Å². The highest BCUT2D eigenvalue weighted by atomic mass is 16.4. The van der Waals surface area contributed by atoms with Gasteiger partial charge in [-0.25, -0.2) is 0 Å². The van der Waals surface area contributed by atoms with E-state index in [-0.39, 0.29) is 6.04 Å². The first kappa shape index (κ1) is 15.8. The summed E-state index contributed by atoms with van der Waals surface area (Å²) in [6.07, 6.45) is 9.29. The summed E-state index contributed by atoms with van der Waals surface area (Å²) in [7, 11) is 0. The molecule has 3 nitrogen and oxygen atoms in total. The largest absolute Gasteiger partial charge is 0.480 e. The van der Waals surface area contributed by atoms with E-state index in [0.29, 0.717) is 11.5 Å². The molecular weight excluding hydrogens is 250 g/mol. The Labute approximate surface area is 123 Å². The molecule has 0 radical (unpaired) electrons. The van der Waals surface area contributed by atoms with Crippen LogP contribution in [0.15, 0.2) is 0 Å². The number of rotatable bonds is 2. The van der Waals surface area contributed by atoms with Gasteiger partial charge in [0, 0.05) is 6.04 Å². The average molecular weight is 281 g/mol. The molecule has 20 heavy (non-hydrogen) atoms. The van der Waals surface area contributed by atoms with Crippen molar-refractivity contribution in [3.05, 3.63) is 0 Å². The zero-order valence-electron chi connectivity index (χ0n) is 13.4. The second-order valence-electron chi connectivity index (χ2n) is 7.81. The van der Waals surface area contributed by atoms with Crippen LogP contribution in [0, 0.1) is 11.3 Å². The van der Waals surface area contributed by atoms with Crippen LogP contribution >= 0.6 is 0 Å². The van der Waals surface area contributed by atoms with Gasteiger partial charge in [-0.3, -0.25) is 9.69 Å². The Bertz CT molecular complexity index is 334. The summed E-state index contributed by atoms with van der Waals surface area (Å²) in [4.78, 5) is 13.8. The number of carbonyl (C=O) groups is 1. The third-order valence-electron chi connectivity index (χ3n) is 5.46. The highest BCUT2D eigenvalue weighted by Crippen LogP contribution is 2.38. The van der Waals surface area contributed by atoms with E-state index in [1.54, 1.807) is 0 Å². The summed E-state index contributed by atoms with van der Waals surface area (Å²) in [5, 5.41) is 9.45. The smallest absolute Gasteiger partial charge is 0.320 e. The third-order valence-corrected chi connectivity index (χ3v) is 5.46. The minimum absolute atomic E-state index is 0.222. The van der Waals surface area contributed by atoms with Gasteiger partial charge in [0.25, 0.3) is 0 Å². The molecule has 2 rings (SSSR count). The van der Waals surface area contributed by atoms with Crippen LogP contribution in [0.1, 0.15) is 72.1 Å². The highest BCUT2D eigenvalue weighted by molar-refractivity contribution is 5.73. The van der Waals surface area contributed by atoms with E-state index in [0.717, 1.165) is 25.3 Å². The van der Waals surface area contributed by atoms with Crippen molar-refractivity contribution < 1.29 is 9.90 Å². The second kappa shape index (κ2) is 6.46. The molecule has 0 aromatic carbocycles. The van der Waals surface area contributed by atoms with Gasteiger partial charge in [0.1, 0.15) is 6.04 Å². The maximum atomic E-state index is 11.5. The van der Waals surface area contributed by atoms with Gasteiger partial charge in [-0.15, -0.1) is 0 Å². The first-order valence-corrected chi connectivity index (χ1v) is 8.38. The van der Waals surface area contributed by atoms with Gasteiger partial charge in [0.15, 0.2) is 0 Å². The Morgan fingerprint density at radius 1 is 1.00 bits per heavy atom. The molecule has 2 fully saturated rings. The Morgan fingerprint density at radius 2 is 1.75 bits per heavy atom. The monoisotopic (exact) mass is 281 g/mol. The van der Waals surface area contributed by atoms with Gasteiger partial charge in [-0.2, -0.15) is 0 Å². The third kappa shape index (κ3) is 3.75. The lowest BCUT2D eigenvalue weighted by Gasteiger charge is -2.39. The van der Waals surface area contributed by atoms with Crippen molar-refractivity contribution in [3.63, 3.8) is 0 Å². The van der Waals surface area contributed by atoms with E-state index >= 15 is 0 Å². The van der Waals surface area contributed by atoms with Gasteiger partial charge in [0.2, 0.25) is 0 Å². The molecule has 0 aromatic rings.